The van der Waals surface area contributed by atoms with Gasteiger partial charge in [0.15, 0.2) is 0 Å². The summed E-state index contributed by atoms with van der Waals surface area (Å²) in [6.45, 7) is 0. The van der Waals surface area contributed by atoms with Crippen LogP contribution in [0, 0.1) is 22.7 Å². The van der Waals surface area contributed by atoms with Gasteiger partial charge >= 0.3 is 0 Å². The Morgan fingerprint density at radius 3 is 0.859 bits per heavy atom. The number of benzene rings is 16. The van der Waals surface area contributed by atoms with Crippen molar-refractivity contribution < 1.29 is 0 Å². The van der Waals surface area contributed by atoms with Crippen LogP contribution >= 0.6 is 22.7 Å². The molecule has 19 aromatic rings. The van der Waals surface area contributed by atoms with Crippen molar-refractivity contribution in [3.8, 4) is 90.3 Å². The molecule has 0 saturated carbocycles. The van der Waals surface area contributed by atoms with Gasteiger partial charge in [0.05, 0.1) is 34.7 Å². The van der Waals surface area contributed by atoms with Crippen molar-refractivity contribution >= 4 is 128 Å². The van der Waals surface area contributed by atoms with Gasteiger partial charge in [-0.1, -0.05) is 176 Å². The van der Waals surface area contributed by atoms with Crippen molar-refractivity contribution in [3.63, 3.8) is 0 Å². The lowest BCUT2D eigenvalue weighted by molar-refractivity contribution is 1.33. The van der Waals surface area contributed by atoms with Gasteiger partial charge in [0.2, 0.25) is 0 Å². The lowest BCUT2D eigenvalue weighted by atomic mass is 9.89. The zero-order chi connectivity index (χ0) is 61.0. The number of nitrogens with zero attached hydrogens (tertiary/aromatic N) is 3. The van der Waals surface area contributed by atoms with Crippen LogP contribution in [0.2, 0.25) is 0 Å². The second-order valence-corrected chi connectivity index (χ2v) is 26.2. The Balaban J connectivity index is 0.000000137. The summed E-state index contributed by atoms with van der Waals surface area (Å²) < 4.78 is 4.91. The predicted molar refractivity (Wildman–Crippen MR) is 391 cm³/mol. The zero-order valence-electron chi connectivity index (χ0n) is 49.4. The molecular weight excluding hydrogens is 1150 g/mol. The van der Waals surface area contributed by atoms with Crippen LogP contribution < -0.4 is 0 Å². The third-order valence-electron chi connectivity index (χ3n) is 18.6. The smallest absolute Gasteiger partial charge is 0.0991 e. The predicted octanol–water partition coefficient (Wildman–Crippen LogP) is 24.7. The van der Waals surface area contributed by atoms with E-state index < -0.39 is 0 Å². The van der Waals surface area contributed by atoms with Crippen LogP contribution in [0.5, 0.6) is 0 Å². The summed E-state index contributed by atoms with van der Waals surface area (Å²) in [6.07, 6.45) is 0. The van der Waals surface area contributed by atoms with Crippen LogP contribution in [-0.2, 0) is 0 Å². The summed E-state index contributed by atoms with van der Waals surface area (Å²) in [6, 6.07) is 112. The Kier molecular flexibility index (Phi) is 12.4. The van der Waals surface area contributed by atoms with Crippen LogP contribution in [0.3, 0.4) is 0 Å². The molecule has 0 spiro atoms. The molecule has 0 fully saturated rings. The maximum absolute atomic E-state index is 9.44. The number of hydrogen-bond donors (Lipinski definition) is 0. The monoisotopic (exact) mass is 1200 g/mol. The van der Waals surface area contributed by atoms with Crippen LogP contribution in [-0.4, -0.2) is 4.98 Å². The van der Waals surface area contributed by atoms with E-state index in [1.165, 1.54) is 150 Å². The molecule has 3 heterocycles. The highest BCUT2D eigenvalue weighted by molar-refractivity contribution is 7.26. The van der Waals surface area contributed by atoms with Crippen LogP contribution in [0.15, 0.2) is 297 Å². The van der Waals surface area contributed by atoms with Gasteiger partial charge in [-0.05, 0) is 242 Å². The topological polar surface area (TPSA) is 60.5 Å². The van der Waals surface area contributed by atoms with Crippen molar-refractivity contribution in [2.75, 3.05) is 0 Å². The van der Waals surface area contributed by atoms with Gasteiger partial charge in [0, 0.05) is 51.5 Å². The minimum Gasteiger partial charge on any atom is -0.248 e. The summed E-state index contributed by atoms with van der Waals surface area (Å²) in [5, 5.41) is 38.9. The molecule has 0 bridgehead atoms. The molecule has 0 aliphatic carbocycles. The molecule has 19 rings (SSSR count). The quantitative estimate of drug-likeness (QED) is 0.149. The number of pyridine rings is 1. The Labute approximate surface area is 538 Å². The first-order valence-corrected chi connectivity index (χ1v) is 32.5. The fourth-order valence-electron chi connectivity index (χ4n) is 14.1. The first kappa shape index (κ1) is 53.2. The summed E-state index contributed by atoms with van der Waals surface area (Å²) in [5.74, 6) is 0. The Bertz CT molecular complexity index is 6110. The lowest BCUT2D eigenvalue weighted by Crippen LogP contribution is -1.90. The van der Waals surface area contributed by atoms with E-state index in [1.54, 1.807) is 22.7 Å². The number of rotatable bonds is 7. The standard InChI is InChI=1S/C46H26N2S.C41H23NS/c47-27-28-9-19-43-39(21-28)40-26-32(18-20-44(40)49-43)29-10-12-30(13-11-29)37-22-33-14-16-35-24-38(25-36-17-15-34(23-37)45(33)46(35)36)42-8-4-7-41(48-42)31-5-2-1-3-6-31;42-24-25-6-16-38-36(18-25)37-23-29(15-17-39(37)43-38)27-7-9-28(10-8-27)35-21-32-13-11-30-19-34(26-4-2-1-3-5-26)20-31-12-14-33(22-35)41(32)40(30)31/h1-26H;1-23H. The molecule has 0 radical (unpaired) electrons. The molecule has 0 atom stereocenters. The molecule has 3 aromatic heterocycles. The fraction of sp³-hybridized carbons (Fsp3) is 0. The van der Waals surface area contributed by atoms with E-state index in [9.17, 15) is 10.5 Å². The first-order valence-electron chi connectivity index (χ1n) is 30.9. The first-order chi connectivity index (χ1) is 45.4. The molecule has 0 amide bonds. The molecule has 16 aromatic carbocycles. The van der Waals surface area contributed by atoms with E-state index in [4.69, 9.17) is 4.98 Å². The zero-order valence-corrected chi connectivity index (χ0v) is 51.1. The minimum atomic E-state index is 0.697. The molecule has 3 nitrogen and oxygen atoms in total. The van der Waals surface area contributed by atoms with E-state index in [-0.39, 0.29) is 0 Å². The third kappa shape index (κ3) is 9.10. The van der Waals surface area contributed by atoms with Crippen LogP contribution in [0.1, 0.15) is 11.1 Å². The number of fused-ring (bicyclic) bond motifs is 6. The Hall–Kier alpha value is -11.8. The Morgan fingerprint density at radius 2 is 0.500 bits per heavy atom. The maximum Gasteiger partial charge on any atom is 0.0991 e. The molecule has 92 heavy (non-hydrogen) atoms. The van der Waals surface area contributed by atoms with Crippen molar-refractivity contribution in [2.45, 2.75) is 0 Å². The highest BCUT2D eigenvalue weighted by Gasteiger charge is 2.17. The lowest BCUT2D eigenvalue weighted by Gasteiger charge is -2.15. The van der Waals surface area contributed by atoms with Gasteiger partial charge in [0.1, 0.15) is 0 Å². The van der Waals surface area contributed by atoms with E-state index in [0.717, 1.165) is 33.3 Å². The fourth-order valence-corrected chi connectivity index (χ4v) is 16.2. The van der Waals surface area contributed by atoms with Gasteiger partial charge in [0.25, 0.3) is 0 Å². The van der Waals surface area contributed by atoms with E-state index >= 15 is 0 Å². The number of thiophene rings is 2. The minimum absolute atomic E-state index is 0.697. The van der Waals surface area contributed by atoms with Gasteiger partial charge in [-0.15, -0.1) is 22.7 Å². The second kappa shape index (κ2) is 21.5. The maximum atomic E-state index is 9.44. The van der Waals surface area contributed by atoms with Crippen molar-refractivity contribution in [1.29, 1.82) is 10.5 Å². The van der Waals surface area contributed by atoms with Gasteiger partial charge in [-0.25, -0.2) is 4.98 Å². The van der Waals surface area contributed by atoms with E-state index in [2.05, 4.69) is 279 Å². The average molecular weight is 1200 g/mol. The molecule has 424 valence electrons. The van der Waals surface area contributed by atoms with Gasteiger partial charge in [-0.2, -0.15) is 10.5 Å². The van der Waals surface area contributed by atoms with Crippen molar-refractivity contribution in [3.05, 3.63) is 308 Å². The number of nitriles is 2. The largest absolute Gasteiger partial charge is 0.248 e. The van der Waals surface area contributed by atoms with E-state index in [1.807, 2.05) is 30.3 Å². The normalized spacial score (nSPS) is 11.7. The third-order valence-corrected chi connectivity index (χ3v) is 20.9. The molecule has 0 aliphatic rings. The molecule has 0 N–H and O–H groups in total. The van der Waals surface area contributed by atoms with E-state index in [0.29, 0.717) is 11.1 Å². The molecule has 0 unspecified atom stereocenters. The van der Waals surface area contributed by atoms with Crippen LogP contribution in [0.25, 0.3) is 183 Å². The van der Waals surface area contributed by atoms with Crippen molar-refractivity contribution in [1.82, 2.24) is 4.98 Å². The highest BCUT2D eigenvalue weighted by atomic mass is 32.1. The molecular formula is C87H49N3S2. The molecule has 0 saturated heterocycles. The van der Waals surface area contributed by atoms with Crippen molar-refractivity contribution in [2.24, 2.45) is 0 Å². The number of hydrogen-bond acceptors (Lipinski definition) is 5. The Morgan fingerprint density at radius 1 is 0.217 bits per heavy atom. The molecule has 5 heteroatoms. The van der Waals surface area contributed by atoms with Gasteiger partial charge in [-0.3, -0.25) is 0 Å². The summed E-state index contributed by atoms with van der Waals surface area (Å²) >= 11 is 3.55. The summed E-state index contributed by atoms with van der Waals surface area (Å²) in [7, 11) is 0. The summed E-state index contributed by atoms with van der Waals surface area (Å²) in [5.41, 5.74) is 17.7. The summed E-state index contributed by atoms with van der Waals surface area (Å²) in [4.78, 5) is 5.04. The molecule has 0 aliphatic heterocycles. The number of aromatic nitrogens is 1. The highest BCUT2D eigenvalue weighted by Crippen LogP contribution is 2.44. The second-order valence-electron chi connectivity index (χ2n) is 24.0. The van der Waals surface area contributed by atoms with Gasteiger partial charge < -0.3 is 0 Å². The average Bonchev–Trinajstić information content (AvgIpc) is 1.29. The van der Waals surface area contributed by atoms with Crippen LogP contribution in [0.4, 0.5) is 0 Å². The SMILES string of the molecule is N#Cc1ccc2sc3ccc(-c4ccc(-c5cc6ccc7cc(-c8cccc(-c9ccccc9)n8)cc8ccc(c5)c6c78)cc4)cc3c2c1.N#Cc1ccc2sc3ccc(-c4ccc(-c5cc6ccc7cc(-c8ccccc8)cc8ccc(c5)c6c78)cc4)cc3c2c1.